The molecular formula is C22H29N3O4S. The Bertz CT molecular complexity index is 939. The Balaban J connectivity index is 1.88. The maximum atomic E-state index is 12.9. The molecule has 8 heteroatoms. The normalized spacial score (nSPS) is 13.8. The molecule has 1 aliphatic heterocycles. The SMILES string of the molecule is CCOc1ccc(C(=O)Nc2sc3c(c2C(N)=O)CCN(C(C)C)C3)cc1OCC. The van der Waals surface area contributed by atoms with Crippen LogP contribution >= 0.6 is 11.3 Å². The average molecular weight is 432 g/mol. The van der Waals surface area contributed by atoms with E-state index in [1.807, 2.05) is 13.8 Å². The standard InChI is InChI=1S/C22H29N3O4S/c1-5-28-16-8-7-14(11-17(16)29-6-2)21(27)24-22-19(20(23)26)15-9-10-25(13(3)4)12-18(15)30-22/h7-8,11,13H,5-6,9-10,12H2,1-4H3,(H2,23,26)(H,24,27). The van der Waals surface area contributed by atoms with E-state index in [4.69, 9.17) is 15.2 Å². The van der Waals surface area contributed by atoms with Crippen molar-refractivity contribution in [3.05, 3.63) is 39.8 Å². The van der Waals surface area contributed by atoms with Crippen LogP contribution in [0, 0.1) is 0 Å². The van der Waals surface area contributed by atoms with Gasteiger partial charge in [-0.2, -0.15) is 0 Å². The highest BCUT2D eigenvalue weighted by atomic mass is 32.1. The fraction of sp³-hybridized carbons (Fsp3) is 0.455. The fourth-order valence-corrected chi connectivity index (χ4v) is 4.85. The van der Waals surface area contributed by atoms with Crippen LogP contribution in [0.1, 0.15) is 58.9 Å². The molecule has 0 saturated heterocycles. The molecular weight excluding hydrogens is 402 g/mol. The van der Waals surface area contributed by atoms with Crippen molar-refractivity contribution in [3.63, 3.8) is 0 Å². The third-order valence-electron chi connectivity index (χ3n) is 5.10. The van der Waals surface area contributed by atoms with Crippen LogP contribution in [0.25, 0.3) is 0 Å². The van der Waals surface area contributed by atoms with Crippen molar-refractivity contribution in [3.8, 4) is 11.5 Å². The van der Waals surface area contributed by atoms with E-state index < -0.39 is 5.91 Å². The summed E-state index contributed by atoms with van der Waals surface area (Å²) < 4.78 is 11.2. The van der Waals surface area contributed by atoms with E-state index in [0.717, 1.165) is 30.0 Å². The first kappa shape index (κ1) is 22.1. The quantitative estimate of drug-likeness (QED) is 0.665. The first-order valence-electron chi connectivity index (χ1n) is 10.2. The molecule has 0 fully saturated rings. The number of nitrogens with two attached hydrogens (primary N) is 1. The van der Waals surface area contributed by atoms with Crippen LogP contribution in [-0.2, 0) is 13.0 Å². The number of primary amides is 1. The summed E-state index contributed by atoms with van der Waals surface area (Å²) in [5.74, 6) is 0.276. The van der Waals surface area contributed by atoms with Gasteiger partial charge >= 0.3 is 0 Å². The molecule has 1 aliphatic rings. The Morgan fingerprint density at radius 3 is 2.53 bits per heavy atom. The molecule has 2 heterocycles. The average Bonchev–Trinajstić information content (AvgIpc) is 3.06. The highest BCUT2D eigenvalue weighted by Gasteiger charge is 2.28. The minimum atomic E-state index is -0.512. The van der Waals surface area contributed by atoms with Crippen LogP contribution in [0.15, 0.2) is 18.2 Å². The summed E-state index contributed by atoms with van der Waals surface area (Å²) in [6.45, 7) is 10.6. The van der Waals surface area contributed by atoms with Gasteiger partial charge in [0, 0.05) is 29.6 Å². The molecule has 0 atom stereocenters. The van der Waals surface area contributed by atoms with Crippen molar-refractivity contribution in [2.24, 2.45) is 5.73 Å². The number of hydrogen-bond donors (Lipinski definition) is 2. The van der Waals surface area contributed by atoms with Gasteiger partial charge in [0.15, 0.2) is 11.5 Å². The van der Waals surface area contributed by atoms with Gasteiger partial charge in [-0.1, -0.05) is 0 Å². The van der Waals surface area contributed by atoms with Crippen LogP contribution in [0.2, 0.25) is 0 Å². The van der Waals surface area contributed by atoms with Crippen molar-refractivity contribution in [2.45, 2.75) is 46.7 Å². The topological polar surface area (TPSA) is 93.9 Å². The third-order valence-corrected chi connectivity index (χ3v) is 6.23. The zero-order chi connectivity index (χ0) is 21.8. The first-order chi connectivity index (χ1) is 14.3. The Hall–Kier alpha value is -2.58. The molecule has 3 rings (SSSR count). The number of nitrogens with one attached hydrogen (secondary N) is 1. The van der Waals surface area contributed by atoms with Crippen molar-refractivity contribution >= 4 is 28.2 Å². The second-order valence-electron chi connectivity index (χ2n) is 7.37. The van der Waals surface area contributed by atoms with Gasteiger partial charge in [-0.3, -0.25) is 14.5 Å². The number of fused-ring (bicyclic) bond motifs is 1. The second kappa shape index (κ2) is 9.49. The van der Waals surface area contributed by atoms with Gasteiger partial charge in [0.1, 0.15) is 5.00 Å². The monoisotopic (exact) mass is 431 g/mol. The predicted molar refractivity (Wildman–Crippen MR) is 119 cm³/mol. The van der Waals surface area contributed by atoms with E-state index in [1.165, 1.54) is 11.3 Å². The van der Waals surface area contributed by atoms with Gasteiger partial charge in [-0.25, -0.2) is 0 Å². The molecule has 0 radical (unpaired) electrons. The summed E-state index contributed by atoms with van der Waals surface area (Å²) in [5, 5.41) is 3.40. The zero-order valence-electron chi connectivity index (χ0n) is 17.9. The lowest BCUT2D eigenvalue weighted by molar-refractivity contribution is 0.0999. The van der Waals surface area contributed by atoms with Gasteiger partial charge in [0.2, 0.25) is 0 Å². The van der Waals surface area contributed by atoms with Gasteiger partial charge in [-0.05, 0) is 57.9 Å². The number of ether oxygens (including phenoxy) is 2. The number of nitrogens with zero attached hydrogens (tertiary/aromatic N) is 1. The summed E-state index contributed by atoms with van der Waals surface area (Å²) >= 11 is 1.43. The Morgan fingerprint density at radius 1 is 1.20 bits per heavy atom. The molecule has 0 unspecified atom stereocenters. The van der Waals surface area contributed by atoms with Crippen LogP contribution in [0.4, 0.5) is 5.00 Å². The number of thiophene rings is 1. The molecule has 0 bridgehead atoms. The van der Waals surface area contributed by atoms with Gasteiger partial charge in [0.25, 0.3) is 11.8 Å². The number of carbonyl (C=O) groups excluding carboxylic acids is 2. The number of rotatable bonds is 8. The highest BCUT2D eigenvalue weighted by Crippen LogP contribution is 2.38. The Labute approximate surface area is 181 Å². The molecule has 1 aromatic carbocycles. The lowest BCUT2D eigenvalue weighted by Crippen LogP contribution is -2.35. The van der Waals surface area contributed by atoms with Crippen molar-refractivity contribution < 1.29 is 19.1 Å². The number of carbonyl (C=O) groups is 2. The van der Waals surface area contributed by atoms with Gasteiger partial charge < -0.3 is 20.5 Å². The zero-order valence-corrected chi connectivity index (χ0v) is 18.7. The second-order valence-corrected chi connectivity index (χ2v) is 8.47. The molecule has 0 spiro atoms. The van der Waals surface area contributed by atoms with E-state index in [2.05, 4.69) is 24.1 Å². The van der Waals surface area contributed by atoms with E-state index in [0.29, 0.717) is 46.9 Å². The number of amides is 2. The molecule has 2 amide bonds. The van der Waals surface area contributed by atoms with Crippen molar-refractivity contribution in [1.29, 1.82) is 0 Å². The summed E-state index contributed by atoms with van der Waals surface area (Å²) in [6, 6.07) is 5.47. The number of hydrogen-bond acceptors (Lipinski definition) is 6. The molecule has 7 nitrogen and oxygen atoms in total. The van der Waals surface area contributed by atoms with E-state index in [1.54, 1.807) is 18.2 Å². The van der Waals surface area contributed by atoms with Gasteiger partial charge in [-0.15, -0.1) is 11.3 Å². The van der Waals surface area contributed by atoms with Crippen LogP contribution < -0.4 is 20.5 Å². The van der Waals surface area contributed by atoms with Crippen molar-refractivity contribution in [2.75, 3.05) is 25.1 Å². The van der Waals surface area contributed by atoms with Crippen LogP contribution in [0.3, 0.4) is 0 Å². The maximum Gasteiger partial charge on any atom is 0.256 e. The lowest BCUT2D eigenvalue weighted by atomic mass is 10.0. The summed E-state index contributed by atoms with van der Waals surface area (Å²) in [7, 11) is 0. The number of anilines is 1. The van der Waals surface area contributed by atoms with Gasteiger partial charge in [0.05, 0.1) is 18.8 Å². The molecule has 2 aromatic rings. The van der Waals surface area contributed by atoms with E-state index in [-0.39, 0.29) is 5.91 Å². The fourth-order valence-electron chi connectivity index (χ4n) is 3.58. The van der Waals surface area contributed by atoms with E-state index in [9.17, 15) is 9.59 Å². The first-order valence-corrected chi connectivity index (χ1v) is 11.1. The molecule has 1 aromatic heterocycles. The summed E-state index contributed by atoms with van der Waals surface area (Å²) in [5.41, 5.74) is 7.49. The Morgan fingerprint density at radius 2 is 1.90 bits per heavy atom. The molecule has 30 heavy (non-hydrogen) atoms. The number of benzene rings is 1. The molecule has 0 saturated carbocycles. The predicted octanol–water partition coefficient (Wildman–Crippen LogP) is 3.66. The maximum absolute atomic E-state index is 12.9. The van der Waals surface area contributed by atoms with E-state index >= 15 is 0 Å². The summed E-state index contributed by atoms with van der Waals surface area (Å²) in [4.78, 5) is 28.5. The smallest absolute Gasteiger partial charge is 0.256 e. The van der Waals surface area contributed by atoms with Crippen molar-refractivity contribution in [1.82, 2.24) is 4.90 Å². The molecule has 3 N–H and O–H groups in total. The molecule has 0 aliphatic carbocycles. The third kappa shape index (κ3) is 4.60. The minimum absolute atomic E-state index is 0.319. The Kier molecular flexibility index (Phi) is 6.99. The van der Waals surface area contributed by atoms with Crippen LogP contribution in [0.5, 0.6) is 11.5 Å². The molecule has 162 valence electrons. The largest absolute Gasteiger partial charge is 0.490 e. The summed E-state index contributed by atoms with van der Waals surface area (Å²) in [6.07, 6.45) is 0.746. The minimum Gasteiger partial charge on any atom is -0.490 e. The lowest BCUT2D eigenvalue weighted by Gasteiger charge is -2.30. The van der Waals surface area contributed by atoms with Crippen LogP contribution in [-0.4, -0.2) is 42.5 Å². The highest BCUT2D eigenvalue weighted by molar-refractivity contribution is 7.17.